The highest BCUT2D eigenvalue weighted by Gasteiger charge is 2.42. The molecule has 0 radical (unpaired) electrons. The molecular formula is C35H30O2SSi. The monoisotopic (exact) mass is 542 g/mol. The summed E-state index contributed by atoms with van der Waals surface area (Å²) in [4.78, 5) is 14.0. The maximum absolute atomic E-state index is 13.2. The number of benzene rings is 4. The molecule has 0 amide bonds. The minimum atomic E-state index is -2.53. The second-order valence-corrected chi connectivity index (χ2v) is 14.9. The average Bonchev–Trinajstić information content (AvgIpc) is 3.70. The standard InChI is InChI=1S/C35H30O2SSi/c36-32(35-21-12-24-38-35)23-22-28(34-25-27-13-10-11-20-33(27)37-34)26-39(29-14-4-1-5-15-29,30-16-6-2-7-17-30)31-18-8-3-9-19-31/h1-21,24-25,28H,22-23,26H2. The maximum atomic E-state index is 13.2. The van der Waals surface area contributed by atoms with Crippen LogP contribution in [0.15, 0.2) is 143 Å². The molecule has 6 aromatic rings. The first kappa shape index (κ1) is 25.3. The van der Waals surface area contributed by atoms with E-state index >= 15 is 0 Å². The molecule has 2 heterocycles. The summed E-state index contributed by atoms with van der Waals surface area (Å²) >= 11 is 1.52. The van der Waals surface area contributed by atoms with Crippen LogP contribution in [0.3, 0.4) is 0 Å². The van der Waals surface area contributed by atoms with Gasteiger partial charge in [-0.15, -0.1) is 11.3 Å². The molecule has 0 saturated carbocycles. The van der Waals surface area contributed by atoms with Gasteiger partial charge in [0.2, 0.25) is 0 Å². The molecule has 2 nitrogen and oxygen atoms in total. The van der Waals surface area contributed by atoms with Gasteiger partial charge in [-0.1, -0.05) is 115 Å². The summed E-state index contributed by atoms with van der Waals surface area (Å²) in [5, 5.41) is 7.19. The van der Waals surface area contributed by atoms with Gasteiger partial charge in [0, 0.05) is 17.7 Å². The lowest BCUT2D eigenvalue weighted by molar-refractivity contribution is 0.0981. The normalized spacial score (nSPS) is 12.4. The Labute approximate surface area is 234 Å². The first-order chi connectivity index (χ1) is 19.2. The Bertz CT molecular complexity index is 1510. The molecule has 1 atom stereocenters. The van der Waals surface area contributed by atoms with Crippen LogP contribution >= 0.6 is 11.3 Å². The third kappa shape index (κ3) is 5.18. The Morgan fingerprint density at radius 2 is 1.26 bits per heavy atom. The third-order valence-electron chi connectivity index (χ3n) is 7.72. The van der Waals surface area contributed by atoms with Gasteiger partial charge in [-0.3, -0.25) is 4.79 Å². The minimum absolute atomic E-state index is 0.0774. The van der Waals surface area contributed by atoms with Gasteiger partial charge in [0.05, 0.1) is 4.88 Å². The van der Waals surface area contributed by atoms with Crippen LogP contribution in [0, 0.1) is 0 Å². The Morgan fingerprint density at radius 1 is 0.692 bits per heavy atom. The number of ketones is 1. The van der Waals surface area contributed by atoms with E-state index in [-0.39, 0.29) is 11.7 Å². The summed E-state index contributed by atoms with van der Waals surface area (Å²) < 4.78 is 6.52. The van der Waals surface area contributed by atoms with Crippen molar-refractivity contribution in [3.05, 3.63) is 149 Å². The largest absolute Gasteiger partial charge is 0.461 e. The number of thiophene rings is 1. The molecule has 4 heteroatoms. The third-order valence-corrected chi connectivity index (χ3v) is 13.7. The highest BCUT2D eigenvalue weighted by Crippen LogP contribution is 2.35. The topological polar surface area (TPSA) is 30.2 Å². The van der Waals surface area contributed by atoms with Crippen molar-refractivity contribution in [2.75, 3.05) is 0 Å². The summed E-state index contributed by atoms with van der Waals surface area (Å²) in [6, 6.07) is 48.1. The molecule has 0 fully saturated rings. The molecule has 1 unspecified atom stereocenters. The summed E-state index contributed by atoms with van der Waals surface area (Å²) in [6.07, 6.45) is 1.23. The van der Waals surface area contributed by atoms with Crippen molar-refractivity contribution in [1.82, 2.24) is 0 Å². The fourth-order valence-electron chi connectivity index (χ4n) is 5.81. The first-order valence-corrected chi connectivity index (χ1v) is 16.5. The van der Waals surface area contributed by atoms with E-state index in [0.29, 0.717) is 6.42 Å². The molecule has 0 bridgehead atoms. The van der Waals surface area contributed by atoms with Crippen LogP contribution in [0.4, 0.5) is 0 Å². The smallest absolute Gasteiger partial charge is 0.172 e. The molecule has 0 spiro atoms. The summed E-state index contributed by atoms with van der Waals surface area (Å²) in [5.74, 6) is 1.25. The Morgan fingerprint density at radius 3 is 1.79 bits per heavy atom. The molecule has 0 aliphatic heterocycles. The summed E-state index contributed by atoms with van der Waals surface area (Å²) in [6.45, 7) is 0. The van der Waals surface area contributed by atoms with E-state index in [4.69, 9.17) is 4.42 Å². The van der Waals surface area contributed by atoms with E-state index in [0.717, 1.165) is 34.1 Å². The van der Waals surface area contributed by atoms with Crippen molar-refractivity contribution in [2.45, 2.75) is 24.8 Å². The Kier molecular flexibility index (Phi) is 7.39. The van der Waals surface area contributed by atoms with Crippen LogP contribution in [0.1, 0.15) is 34.2 Å². The Hall–Kier alpha value is -3.99. The second-order valence-electron chi connectivity index (χ2n) is 10.0. The fraction of sp³-hybridized carbons (Fsp3) is 0.114. The average molecular weight is 543 g/mol. The minimum Gasteiger partial charge on any atom is -0.461 e. The van der Waals surface area contributed by atoms with Crippen LogP contribution in [-0.2, 0) is 0 Å². The highest BCUT2D eigenvalue weighted by atomic mass is 32.1. The van der Waals surface area contributed by atoms with Crippen molar-refractivity contribution >= 4 is 51.7 Å². The number of hydrogen-bond donors (Lipinski definition) is 0. The van der Waals surface area contributed by atoms with Crippen molar-refractivity contribution in [3.63, 3.8) is 0 Å². The SMILES string of the molecule is O=C(CCC(C[Si](c1ccccc1)(c1ccccc1)c1ccccc1)c1cc2ccccc2o1)c1cccs1. The molecular weight excluding hydrogens is 513 g/mol. The van der Waals surface area contributed by atoms with E-state index in [9.17, 15) is 4.79 Å². The van der Waals surface area contributed by atoms with E-state index in [1.54, 1.807) is 0 Å². The number of fused-ring (bicyclic) bond motifs is 1. The molecule has 39 heavy (non-hydrogen) atoms. The lowest BCUT2D eigenvalue weighted by Crippen LogP contribution is -2.67. The van der Waals surface area contributed by atoms with E-state index in [1.807, 2.05) is 35.7 Å². The highest BCUT2D eigenvalue weighted by molar-refractivity contribution is 7.12. The number of para-hydroxylation sites is 1. The van der Waals surface area contributed by atoms with E-state index in [2.05, 4.69) is 103 Å². The maximum Gasteiger partial charge on any atom is 0.172 e. The summed E-state index contributed by atoms with van der Waals surface area (Å²) in [5.41, 5.74) is 0.897. The van der Waals surface area contributed by atoms with Crippen LogP contribution in [0.5, 0.6) is 0 Å². The van der Waals surface area contributed by atoms with Crippen molar-refractivity contribution in [1.29, 1.82) is 0 Å². The van der Waals surface area contributed by atoms with Gasteiger partial charge in [0.25, 0.3) is 0 Å². The predicted octanol–water partition coefficient (Wildman–Crippen LogP) is 7.41. The summed E-state index contributed by atoms with van der Waals surface area (Å²) in [7, 11) is -2.53. The van der Waals surface area contributed by atoms with Gasteiger partial charge in [0.1, 0.15) is 19.4 Å². The van der Waals surface area contributed by atoms with Crippen LogP contribution in [0.25, 0.3) is 11.0 Å². The van der Waals surface area contributed by atoms with Gasteiger partial charge < -0.3 is 4.42 Å². The van der Waals surface area contributed by atoms with Crippen LogP contribution < -0.4 is 15.6 Å². The number of furan rings is 1. The Balaban J connectivity index is 1.50. The van der Waals surface area contributed by atoms with Crippen molar-refractivity contribution in [2.24, 2.45) is 0 Å². The number of Topliss-reactive ketones (excluding diaryl/α,β-unsaturated/α-hetero) is 1. The fourth-order valence-corrected chi connectivity index (χ4v) is 11.6. The zero-order valence-electron chi connectivity index (χ0n) is 21.7. The zero-order chi connectivity index (χ0) is 26.5. The lowest BCUT2D eigenvalue weighted by Gasteiger charge is -2.36. The molecule has 0 aliphatic rings. The van der Waals surface area contributed by atoms with Crippen LogP contribution in [0.2, 0.25) is 6.04 Å². The van der Waals surface area contributed by atoms with Crippen molar-refractivity contribution in [3.8, 4) is 0 Å². The van der Waals surface area contributed by atoms with E-state index < -0.39 is 8.07 Å². The van der Waals surface area contributed by atoms with Gasteiger partial charge >= 0.3 is 0 Å². The van der Waals surface area contributed by atoms with Gasteiger partial charge in [-0.05, 0) is 51.6 Å². The molecule has 6 rings (SSSR count). The molecule has 0 aliphatic carbocycles. The molecule has 4 aromatic carbocycles. The predicted molar refractivity (Wildman–Crippen MR) is 166 cm³/mol. The number of hydrogen-bond acceptors (Lipinski definition) is 3. The number of carbonyl (C=O) groups is 1. The zero-order valence-corrected chi connectivity index (χ0v) is 23.5. The van der Waals surface area contributed by atoms with Gasteiger partial charge in [0.15, 0.2) is 5.78 Å². The lowest BCUT2D eigenvalue weighted by atomic mass is 10.00. The van der Waals surface area contributed by atoms with Crippen LogP contribution in [-0.4, -0.2) is 13.9 Å². The quantitative estimate of drug-likeness (QED) is 0.102. The van der Waals surface area contributed by atoms with Gasteiger partial charge in [-0.25, -0.2) is 0 Å². The first-order valence-electron chi connectivity index (χ1n) is 13.5. The molecule has 192 valence electrons. The van der Waals surface area contributed by atoms with E-state index in [1.165, 1.54) is 26.9 Å². The number of rotatable bonds is 10. The molecule has 2 aromatic heterocycles. The number of carbonyl (C=O) groups excluding carboxylic acids is 1. The van der Waals surface area contributed by atoms with Gasteiger partial charge in [-0.2, -0.15) is 0 Å². The molecule has 0 saturated heterocycles. The second kappa shape index (κ2) is 11.4. The molecule has 0 N–H and O–H groups in total. The van der Waals surface area contributed by atoms with Crippen molar-refractivity contribution < 1.29 is 9.21 Å².